The average molecular weight is 447 g/mol. The Kier molecular flexibility index (Phi) is 7.19. The van der Waals surface area contributed by atoms with Crippen LogP contribution in [0.25, 0.3) is 0 Å². The summed E-state index contributed by atoms with van der Waals surface area (Å²) < 4.78 is 33.6. The first-order valence-electron chi connectivity index (χ1n) is 9.06. The zero-order chi connectivity index (χ0) is 22.4. The average Bonchev–Trinajstić information content (AvgIpc) is 3.09. The van der Waals surface area contributed by atoms with E-state index in [0.29, 0.717) is 22.4 Å². The number of hydrogen-bond donors (Lipinski definition) is 2. The van der Waals surface area contributed by atoms with Crippen LogP contribution >= 0.6 is 11.8 Å². The van der Waals surface area contributed by atoms with Gasteiger partial charge in [-0.25, -0.2) is 8.78 Å². The second kappa shape index (κ2) is 10.0. The summed E-state index contributed by atoms with van der Waals surface area (Å²) in [5.41, 5.74) is 0.297. The van der Waals surface area contributed by atoms with Gasteiger partial charge in [-0.05, 0) is 24.3 Å². The van der Waals surface area contributed by atoms with Gasteiger partial charge in [0.2, 0.25) is 11.8 Å². The Bertz CT molecular complexity index is 1110. The first-order chi connectivity index (χ1) is 14.9. The summed E-state index contributed by atoms with van der Waals surface area (Å²) in [6.07, 6.45) is -0.0389. The molecule has 0 radical (unpaired) electrons. The Hall–Kier alpha value is -3.47. The first-order valence-corrected chi connectivity index (χ1v) is 10.0. The molecule has 31 heavy (non-hydrogen) atoms. The third-order valence-corrected chi connectivity index (χ3v) is 5.18. The number of benzene rings is 2. The molecule has 2 amide bonds. The van der Waals surface area contributed by atoms with Gasteiger partial charge in [0.15, 0.2) is 5.16 Å². The predicted molar refractivity (Wildman–Crippen MR) is 112 cm³/mol. The lowest BCUT2D eigenvalue weighted by atomic mass is 10.2. The van der Waals surface area contributed by atoms with Crippen LogP contribution in [0, 0.1) is 11.6 Å². The molecule has 0 saturated carbocycles. The van der Waals surface area contributed by atoms with Crippen molar-refractivity contribution in [2.45, 2.75) is 11.6 Å². The van der Waals surface area contributed by atoms with E-state index in [1.165, 1.54) is 7.11 Å². The van der Waals surface area contributed by atoms with E-state index in [1.807, 2.05) is 0 Å². The highest BCUT2D eigenvalue weighted by Crippen LogP contribution is 2.23. The molecule has 0 saturated heterocycles. The van der Waals surface area contributed by atoms with Crippen molar-refractivity contribution in [1.82, 2.24) is 14.8 Å². The van der Waals surface area contributed by atoms with Crippen molar-refractivity contribution in [3.8, 4) is 5.75 Å². The lowest BCUT2D eigenvalue weighted by molar-refractivity contribution is -0.116. The summed E-state index contributed by atoms with van der Waals surface area (Å²) >= 11 is 1.05. The number of aromatic nitrogens is 3. The van der Waals surface area contributed by atoms with Crippen molar-refractivity contribution >= 4 is 35.0 Å². The van der Waals surface area contributed by atoms with E-state index in [4.69, 9.17) is 4.74 Å². The number of carbonyl (C=O) groups is 2. The number of halogens is 2. The Morgan fingerprint density at radius 3 is 2.58 bits per heavy atom. The summed E-state index contributed by atoms with van der Waals surface area (Å²) in [6, 6.07) is 9.81. The van der Waals surface area contributed by atoms with Crippen LogP contribution < -0.4 is 15.4 Å². The number of nitrogens with one attached hydrogen (secondary N) is 2. The van der Waals surface area contributed by atoms with Gasteiger partial charge in [-0.1, -0.05) is 23.9 Å². The maximum absolute atomic E-state index is 13.6. The topological polar surface area (TPSA) is 98.1 Å². The maximum atomic E-state index is 13.6. The highest BCUT2D eigenvalue weighted by atomic mass is 32.2. The lowest BCUT2D eigenvalue weighted by Crippen LogP contribution is -2.18. The molecular formula is C20H19F2N5O3S. The molecule has 3 aromatic rings. The van der Waals surface area contributed by atoms with Gasteiger partial charge >= 0.3 is 0 Å². The zero-order valence-electron chi connectivity index (χ0n) is 16.7. The maximum Gasteiger partial charge on any atom is 0.234 e. The monoisotopic (exact) mass is 447 g/mol. The number of para-hydroxylation sites is 2. The van der Waals surface area contributed by atoms with Crippen LogP contribution in [0.2, 0.25) is 0 Å². The predicted octanol–water partition coefficient (Wildman–Crippen LogP) is 3.01. The fraction of sp³-hybridized carbons (Fsp3) is 0.200. The molecule has 0 fully saturated rings. The molecule has 0 aliphatic heterocycles. The van der Waals surface area contributed by atoms with Gasteiger partial charge < -0.3 is 19.9 Å². The van der Waals surface area contributed by atoms with Gasteiger partial charge in [0.05, 0.1) is 30.7 Å². The molecule has 0 aliphatic carbocycles. The lowest BCUT2D eigenvalue weighted by Gasteiger charge is -2.09. The van der Waals surface area contributed by atoms with Gasteiger partial charge in [0.25, 0.3) is 0 Å². The van der Waals surface area contributed by atoms with E-state index in [2.05, 4.69) is 20.8 Å². The van der Waals surface area contributed by atoms with Gasteiger partial charge in [-0.3, -0.25) is 9.59 Å². The Morgan fingerprint density at radius 1 is 1.06 bits per heavy atom. The molecule has 2 N–H and O–H groups in total. The van der Waals surface area contributed by atoms with Gasteiger partial charge in [-0.15, -0.1) is 10.2 Å². The Morgan fingerprint density at radius 2 is 1.81 bits per heavy atom. The molecule has 0 spiro atoms. The third kappa shape index (κ3) is 5.79. The van der Waals surface area contributed by atoms with E-state index in [9.17, 15) is 18.4 Å². The molecule has 0 unspecified atom stereocenters. The molecule has 0 atom stereocenters. The van der Waals surface area contributed by atoms with Gasteiger partial charge in [-0.2, -0.15) is 0 Å². The van der Waals surface area contributed by atoms with E-state index in [1.54, 1.807) is 35.9 Å². The molecule has 0 bridgehead atoms. The second-order valence-corrected chi connectivity index (χ2v) is 7.29. The molecular weight excluding hydrogens is 428 g/mol. The number of carbonyl (C=O) groups excluding carboxylic acids is 2. The van der Waals surface area contributed by atoms with Crippen LogP contribution in [0.15, 0.2) is 47.6 Å². The molecule has 11 heteroatoms. The number of thioether (sulfide) groups is 1. The minimum absolute atomic E-state index is 0.0389. The minimum atomic E-state index is -0.734. The largest absolute Gasteiger partial charge is 0.495 e. The molecule has 3 rings (SSSR count). The number of anilines is 2. The van der Waals surface area contributed by atoms with Crippen LogP contribution in [0.5, 0.6) is 5.75 Å². The number of amides is 2. The van der Waals surface area contributed by atoms with Crippen molar-refractivity contribution in [3.05, 3.63) is 59.9 Å². The quantitative estimate of drug-likeness (QED) is 0.515. The third-order valence-electron chi connectivity index (χ3n) is 4.16. The van der Waals surface area contributed by atoms with E-state index in [-0.39, 0.29) is 23.8 Å². The Labute approximate surface area is 181 Å². The number of nitrogens with zero attached hydrogens (tertiary/aromatic N) is 3. The number of rotatable bonds is 8. The van der Waals surface area contributed by atoms with E-state index in [0.717, 1.165) is 30.0 Å². The standard InChI is InChI=1S/C20H19F2N5O3S/c1-27-17(10-18(28)23-14-5-3-4-6-16(14)30-2)25-26-20(27)31-11-19(29)24-15-9-12(21)7-8-13(15)22/h3-9H,10-11H2,1-2H3,(H,23,28)(H,24,29). The van der Waals surface area contributed by atoms with Crippen molar-refractivity contribution in [2.24, 2.45) is 7.05 Å². The van der Waals surface area contributed by atoms with Crippen LogP contribution in [0.1, 0.15) is 5.82 Å². The normalized spacial score (nSPS) is 10.6. The smallest absolute Gasteiger partial charge is 0.234 e. The number of methoxy groups -OCH3 is 1. The van der Waals surface area contributed by atoms with Crippen LogP contribution in [0.3, 0.4) is 0 Å². The van der Waals surface area contributed by atoms with Crippen molar-refractivity contribution in [2.75, 3.05) is 23.5 Å². The number of hydrogen-bond acceptors (Lipinski definition) is 6. The molecule has 2 aromatic carbocycles. The van der Waals surface area contributed by atoms with Crippen LogP contribution in [-0.2, 0) is 23.1 Å². The highest BCUT2D eigenvalue weighted by molar-refractivity contribution is 7.99. The SMILES string of the molecule is COc1ccccc1NC(=O)Cc1nnc(SCC(=O)Nc2cc(F)ccc2F)n1C. The summed E-state index contributed by atoms with van der Waals surface area (Å²) in [7, 11) is 3.17. The fourth-order valence-electron chi connectivity index (χ4n) is 2.62. The fourth-order valence-corrected chi connectivity index (χ4v) is 3.35. The van der Waals surface area contributed by atoms with Crippen LogP contribution in [0.4, 0.5) is 20.2 Å². The zero-order valence-corrected chi connectivity index (χ0v) is 17.5. The van der Waals surface area contributed by atoms with Crippen LogP contribution in [-0.4, -0.2) is 39.4 Å². The minimum Gasteiger partial charge on any atom is -0.495 e. The summed E-state index contributed by atoms with van der Waals surface area (Å²) in [5, 5.41) is 13.4. The van der Waals surface area contributed by atoms with Crippen molar-refractivity contribution in [3.63, 3.8) is 0 Å². The van der Waals surface area contributed by atoms with Crippen molar-refractivity contribution in [1.29, 1.82) is 0 Å². The summed E-state index contributed by atoms with van der Waals surface area (Å²) in [6.45, 7) is 0. The van der Waals surface area contributed by atoms with Gasteiger partial charge in [0, 0.05) is 13.1 Å². The highest BCUT2D eigenvalue weighted by Gasteiger charge is 2.16. The number of ether oxygens (including phenoxy) is 1. The van der Waals surface area contributed by atoms with Crippen molar-refractivity contribution < 1.29 is 23.1 Å². The Balaban J connectivity index is 1.56. The molecule has 0 aliphatic rings. The molecule has 162 valence electrons. The summed E-state index contributed by atoms with van der Waals surface area (Å²) in [4.78, 5) is 24.4. The first kappa shape index (κ1) is 22.2. The molecule has 1 heterocycles. The van der Waals surface area contributed by atoms with E-state index >= 15 is 0 Å². The molecule has 1 aromatic heterocycles. The van der Waals surface area contributed by atoms with E-state index < -0.39 is 17.5 Å². The van der Waals surface area contributed by atoms with Gasteiger partial charge in [0.1, 0.15) is 23.2 Å². The molecule has 8 nitrogen and oxygen atoms in total. The second-order valence-electron chi connectivity index (χ2n) is 6.34. The summed E-state index contributed by atoms with van der Waals surface area (Å²) in [5.74, 6) is -1.41.